The van der Waals surface area contributed by atoms with Crippen molar-refractivity contribution in [3.8, 4) is 11.5 Å². The molecule has 0 radical (unpaired) electrons. The number of aryl methyl sites for hydroxylation is 1. The van der Waals surface area contributed by atoms with E-state index in [1.54, 1.807) is 17.5 Å². The minimum atomic E-state index is 0.464. The molecule has 2 N–H and O–H groups in total. The predicted octanol–water partition coefficient (Wildman–Crippen LogP) is 2.17. The fraction of sp³-hybridized carbons (Fsp3) is 0.500. The molecule has 5 heteroatoms. The maximum absolute atomic E-state index is 5.59. The molecular weight excluding hydrogens is 232 g/mol. The van der Waals surface area contributed by atoms with Crippen LogP contribution in [0.5, 0.6) is 0 Å². The molecule has 17 heavy (non-hydrogen) atoms. The number of nitrogens with two attached hydrogens (primary N) is 1. The minimum Gasteiger partial charge on any atom is -0.333 e. The van der Waals surface area contributed by atoms with E-state index in [2.05, 4.69) is 23.8 Å². The third kappa shape index (κ3) is 2.40. The van der Waals surface area contributed by atoms with Gasteiger partial charge >= 0.3 is 0 Å². The fourth-order valence-corrected chi connectivity index (χ4v) is 2.83. The van der Waals surface area contributed by atoms with Gasteiger partial charge in [-0.15, -0.1) is 11.3 Å². The highest BCUT2D eigenvalue weighted by Crippen LogP contribution is 2.32. The monoisotopic (exact) mass is 250 g/mol. The second-order valence-electron chi connectivity index (χ2n) is 4.38. The lowest BCUT2D eigenvalue weighted by Crippen LogP contribution is -2.02. The molecule has 0 aliphatic heterocycles. The van der Waals surface area contributed by atoms with Crippen molar-refractivity contribution >= 4 is 11.3 Å². The van der Waals surface area contributed by atoms with Crippen LogP contribution in [0.2, 0.25) is 0 Å². The molecule has 0 aliphatic rings. The van der Waals surface area contributed by atoms with Gasteiger partial charge < -0.3 is 10.3 Å². The summed E-state index contributed by atoms with van der Waals surface area (Å²) in [5.74, 6) is 1.40. The Labute approximate surface area is 106 Å². The molecular formula is C12H18N4S. The van der Waals surface area contributed by atoms with Gasteiger partial charge in [-0.25, -0.2) is 9.97 Å². The van der Waals surface area contributed by atoms with Crippen molar-refractivity contribution < 1.29 is 0 Å². The molecule has 0 aromatic carbocycles. The molecule has 0 amide bonds. The first-order valence-electron chi connectivity index (χ1n) is 5.80. The van der Waals surface area contributed by atoms with Crippen LogP contribution in [0.4, 0.5) is 0 Å². The fourth-order valence-electron chi connectivity index (χ4n) is 1.75. The van der Waals surface area contributed by atoms with Crippen molar-refractivity contribution in [1.82, 2.24) is 14.5 Å². The van der Waals surface area contributed by atoms with Gasteiger partial charge in [0.15, 0.2) is 5.82 Å². The van der Waals surface area contributed by atoms with Gasteiger partial charge in [0.05, 0.1) is 5.01 Å². The largest absolute Gasteiger partial charge is 0.333 e. The van der Waals surface area contributed by atoms with Crippen LogP contribution in [0.3, 0.4) is 0 Å². The number of imidazole rings is 1. The zero-order chi connectivity index (χ0) is 12.4. The lowest BCUT2D eigenvalue weighted by atomic mass is 10.1. The van der Waals surface area contributed by atoms with Gasteiger partial charge in [0.2, 0.25) is 0 Å². The molecule has 4 nitrogen and oxygen atoms in total. The van der Waals surface area contributed by atoms with E-state index in [1.807, 2.05) is 17.8 Å². The van der Waals surface area contributed by atoms with Gasteiger partial charge in [-0.3, -0.25) is 0 Å². The number of hydrogen-bond acceptors (Lipinski definition) is 4. The highest BCUT2D eigenvalue weighted by molar-refractivity contribution is 7.12. The molecule has 0 atom stereocenters. The summed E-state index contributed by atoms with van der Waals surface area (Å²) in [6.07, 6.45) is 4.59. The first-order chi connectivity index (χ1) is 8.13. The normalized spacial score (nSPS) is 11.4. The van der Waals surface area contributed by atoms with Crippen molar-refractivity contribution in [2.45, 2.75) is 26.2 Å². The van der Waals surface area contributed by atoms with Gasteiger partial charge in [0.1, 0.15) is 5.69 Å². The number of nitrogens with zero attached hydrogens (tertiary/aromatic N) is 3. The van der Waals surface area contributed by atoms with E-state index < -0.39 is 0 Å². The van der Waals surface area contributed by atoms with E-state index in [1.165, 1.54) is 4.88 Å². The summed E-state index contributed by atoms with van der Waals surface area (Å²) in [7, 11) is 1.99. The summed E-state index contributed by atoms with van der Waals surface area (Å²) in [5.41, 5.74) is 6.61. The smallest absolute Gasteiger partial charge is 0.159 e. The van der Waals surface area contributed by atoms with Gasteiger partial charge in [0, 0.05) is 30.7 Å². The average molecular weight is 250 g/mol. The summed E-state index contributed by atoms with van der Waals surface area (Å²) in [5, 5.41) is 1.11. The van der Waals surface area contributed by atoms with Crippen molar-refractivity contribution in [2.24, 2.45) is 12.8 Å². The van der Waals surface area contributed by atoms with Crippen LogP contribution in [0.1, 0.15) is 29.7 Å². The zero-order valence-electron chi connectivity index (χ0n) is 10.5. The van der Waals surface area contributed by atoms with Crippen LogP contribution < -0.4 is 5.73 Å². The predicted molar refractivity (Wildman–Crippen MR) is 71.2 cm³/mol. The van der Waals surface area contributed by atoms with Crippen LogP contribution in [-0.2, 0) is 13.5 Å². The summed E-state index contributed by atoms with van der Waals surface area (Å²) < 4.78 is 2.01. The summed E-state index contributed by atoms with van der Waals surface area (Å²) in [6, 6.07) is 0. The molecule has 0 saturated heterocycles. The van der Waals surface area contributed by atoms with E-state index in [4.69, 9.17) is 5.73 Å². The van der Waals surface area contributed by atoms with Crippen LogP contribution in [-0.4, -0.2) is 21.1 Å². The van der Waals surface area contributed by atoms with E-state index in [0.29, 0.717) is 12.5 Å². The van der Waals surface area contributed by atoms with Crippen LogP contribution in [0, 0.1) is 0 Å². The second-order valence-corrected chi connectivity index (χ2v) is 5.49. The topological polar surface area (TPSA) is 56.7 Å². The quantitative estimate of drug-likeness (QED) is 0.904. The number of hydrogen-bond donors (Lipinski definition) is 1. The molecule has 0 aliphatic carbocycles. The van der Waals surface area contributed by atoms with Crippen molar-refractivity contribution in [3.63, 3.8) is 0 Å². The van der Waals surface area contributed by atoms with E-state index in [9.17, 15) is 0 Å². The highest BCUT2D eigenvalue weighted by atomic mass is 32.1. The Balaban J connectivity index is 2.48. The highest BCUT2D eigenvalue weighted by Gasteiger charge is 2.18. The summed E-state index contributed by atoms with van der Waals surface area (Å²) in [6.45, 7) is 5.02. The molecule has 2 heterocycles. The third-order valence-corrected chi connectivity index (χ3v) is 4.03. The molecule has 92 valence electrons. The lowest BCUT2D eigenvalue weighted by molar-refractivity contribution is 0.868. The van der Waals surface area contributed by atoms with Crippen LogP contribution >= 0.6 is 11.3 Å². The number of rotatable bonds is 4. The van der Waals surface area contributed by atoms with Crippen molar-refractivity contribution in [3.05, 3.63) is 22.3 Å². The Kier molecular flexibility index (Phi) is 3.59. The zero-order valence-corrected chi connectivity index (χ0v) is 11.3. The molecule has 0 bridgehead atoms. The molecule has 0 spiro atoms. The van der Waals surface area contributed by atoms with Crippen molar-refractivity contribution in [2.75, 3.05) is 6.54 Å². The van der Waals surface area contributed by atoms with E-state index >= 15 is 0 Å². The second kappa shape index (κ2) is 4.98. The van der Waals surface area contributed by atoms with Gasteiger partial charge in [-0.05, 0) is 12.5 Å². The van der Waals surface area contributed by atoms with E-state index in [-0.39, 0.29) is 0 Å². The SMILES string of the molecule is CC(C)c1sc(CCN)nc1-c1nccn1C. The Morgan fingerprint density at radius 1 is 1.47 bits per heavy atom. The van der Waals surface area contributed by atoms with Gasteiger partial charge in [0.25, 0.3) is 0 Å². The number of thiazole rings is 1. The molecule has 0 fully saturated rings. The lowest BCUT2D eigenvalue weighted by Gasteiger charge is -2.04. The van der Waals surface area contributed by atoms with Crippen LogP contribution in [0.15, 0.2) is 12.4 Å². The average Bonchev–Trinajstić information content (AvgIpc) is 2.84. The van der Waals surface area contributed by atoms with Crippen LogP contribution in [0.25, 0.3) is 11.5 Å². The molecule has 2 rings (SSSR count). The van der Waals surface area contributed by atoms with E-state index in [0.717, 1.165) is 22.9 Å². The summed E-state index contributed by atoms with van der Waals surface area (Å²) >= 11 is 1.75. The Morgan fingerprint density at radius 3 is 2.76 bits per heavy atom. The Bertz CT molecular complexity index is 498. The maximum Gasteiger partial charge on any atom is 0.159 e. The molecule has 0 unspecified atom stereocenters. The van der Waals surface area contributed by atoms with Crippen molar-refractivity contribution in [1.29, 1.82) is 0 Å². The Morgan fingerprint density at radius 2 is 2.24 bits per heavy atom. The minimum absolute atomic E-state index is 0.464. The Hall–Kier alpha value is -1.20. The molecule has 2 aromatic heterocycles. The van der Waals surface area contributed by atoms with Gasteiger partial charge in [-0.2, -0.15) is 0 Å². The molecule has 2 aromatic rings. The summed E-state index contributed by atoms with van der Waals surface area (Å²) in [4.78, 5) is 10.4. The maximum atomic E-state index is 5.59. The first kappa shape index (κ1) is 12.3. The number of aromatic nitrogens is 3. The van der Waals surface area contributed by atoms with Gasteiger partial charge in [-0.1, -0.05) is 13.8 Å². The first-order valence-corrected chi connectivity index (χ1v) is 6.62. The standard InChI is InChI=1S/C12H18N4S/c1-8(2)11-10(12-14-6-7-16(12)3)15-9(17-11)4-5-13/h6-8H,4-5,13H2,1-3H3. The third-order valence-electron chi connectivity index (χ3n) is 2.61. The molecule has 0 saturated carbocycles.